The van der Waals surface area contributed by atoms with Crippen molar-refractivity contribution in [3.05, 3.63) is 11.6 Å². The molecule has 0 aromatic rings. The maximum atomic E-state index is 11.9. The van der Waals surface area contributed by atoms with Crippen molar-refractivity contribution in [1.82, 2.24) is 0 Å². The third kappa shape index (κ3) is 2.56. The Labute approximate surface area is 160 Å². The number of esters is 1. The number of fused-ring (bicyclic) bond motifs is 3. The number of epoxide rings is 1. The first kappa shape index (κ1) is 18.1. The van der Waals surface area contributed by atoms with Crippen LogP contribution in [0.5, 0.6) is 0 Å². The number of ether oxygens (including phenoxy) is 4. The van der Waals surface area contributed by atoms with Gasteiger partial charge in [0, 0.05) is 0 Å². The molecule has 3 saturated heterocycles. The van der Waals surface area contributed by atoms with Gasteiger partial charge in [-0.15, -0.1) is 0 Å². The zero-order valence-electron chi connectivity index (χ0n) is 16.2. The fourth-order valence-corrected chi connectivity index (χ4v) is 6.72. The van der Waals surface area contributed by atoms with Gasteiger partial charge in [0.1, 0.15) is 12.7 Å². The van der Waals surface area contributed by atoms with Crippen LogP contribution in [-0.4, -0.2) is 60.9 Å². The minimum atomic E-state index is -0.802. The van der Waals surface area contributed by atoms with Crippen LogP contribution in [0.25, 0.3) is 0 Å². The molecule has 2 aliphatic carbocycles. The quantitative estimate of drug-likeness (QED) is 0.450. The Morgan fingerprint density at radius 1 is 1.19 bits per heavy atom. The molecule has 1 spiro atoms. The molecule has 6 heteroatoms. The van der Waals surface area contributed by atoms with Crippen LogP contribution in [0, 0.1) is 17.3 Å². The van der Waals surface area contributed by atoms with Gasteiger partial charge >= 0.3 is 5.97 Å². The van der Waals surface area contributed by atoms with Gasteiger partial charge in [-0.05, 0) is 56.3 Å². The van der Waals surface area contributed by atoms with Crippen molar-refractivity contribution >= 4 is 5.97 Å². The second kappa shape index (κ2) is 6.02. The molecule has 0 aromatic heterocycles. The lowest BCUT2D eigenvalue weighted by Crippen LogP contribution is -2.65. The molecule has 0 radical (unpaired) electrons. The van der Waals surface area contributed by atoms with E-state index in [1.54, 1.807) is 0 Å². The van der Waals surface area contributed by atoms with E-state index in [2.05, 4.69) is 13.8 Å². The standard InChI is InChI=1S/C21H30O6/c1-19-7-6-17-20(2,26-10-9-24-17)15(19)5-8-21(12-27-21)16(19)4-3-13-14(22)11-25-18(13)23/h3,14-17,22H,4-12H2,1-2H3/b13-3+/t14-,15+,16+,17-,19-,20+,21-/m1/s1. The number of carbonyl (C=O) groups excluding carboxylic acids is 1. The first-order valence-corrected chi connectivity index (χ1v) is 10.3. The van der Waals surface area contributed by atoms with Crippen LogP contribution in [0.4, 0.5) is 0 Å². The Bertz CT molecular complexity index is 670. The van der Waals surface area contributed by atoms with Gasteiger partial charge in [-0.3, -0.25) is 0 Å². The molecular weight excluding hydrogens is 348 g/mol. The number of cyclic esters (lactones) is 1. The van der Waals surface area contributed by atoms with Crippen LogP contribution in [0.1, 0.15) is 46.0 Å². The van der Waals surface area contributed by atoms with Gasteiger partial charge in [-0.2, -0.15) is 0 Å². The van der Waals surface area contributed by atoms with Crippen molar-refractivity contribution in [3.8, 4) is 0 Å². The van der Waals surface area contributed by atoms with Gasteiger partial charge in [0.2, 0.25) is 0 Å². The topological polar surface area (TPSA) is 77.5 Å². The van der Waals surface area contributed by atoms with Crippen LogP contribution < -0.4 is 0 Å². The summed E-state index contributed by atoms with van der Waals surface area (Å²) in [5.74, 6) is 0.327. The zero-order valence-corrected chi connectivity index (χ0v) is 16.2. The lowest BCUT2D eigenvalue weighted by molar-refractivity contribution is -0.273. The minimum Gasteiger partial charge on any atom is -0.459 e. The summed E-state index contributed by atoms with van der Waals surface area (Å²) >= 11 is 0. The minimum absolute atomic E-state index is 0.0607. The maximum Gasteiger partial charge on any atom is 0.336 e. The molecule has 0 bridgehead atoms. The normalized spacial score (nSPS) is 53.1. The van der Waals surface area contributed by atoms with E-state index in [9.17, 15) is 9.90 Å². The number of hydrogen-bond acceptors (Lipinski definition) is 6. The number of allylic oxidation sites excluding steroid dienone is 1. The Hall–Kier alpha value is -0.950. The van der Waals surface area contributed by atoms with E-state index < -0.39 is 6.10 Å². The summed E-state index contributed by atoms with van der Waals surface area (Å²) in [7, 11) is 0. The summed E-state index contributed by atoms with van der Waals surface area (Å²) in [5, 5.41) is 10.0. The molecule has 150 valence electrons. The Morgan fingerprint density at radius 3 is 2.70 bits per heavy atom. The molecule has 2 saturated carbocycles. The van der Waals surface area contributed by atoms with E-state index in [0.717, 1.165) is 38.7 Å². The van der Waals surface area contributed by atoms with Crippen LogP contribution in [0.2, 0.25) is 0 Å². The molecule has 5 fully saturated rings. The van der Waals surface area contributed by atoms with E-state index >= 15 is 0 Å². The summed E-state index contributed by atoms with van der Waals surface area (Å²) in [5.41, 5.74) is 0.146. The number of carbonyl (C=O) groups is 1. The molecule has 7 atom stereocenters. The van der Waals surface area contributed by atoms with Gasteiger partial charge in [-0.1, -0.05) is 13.0 Å². The number of hydrogen-bond donors (Lipinski definition) is 1. The van der Waals surface area contributed by atoms with Crippen molar-refractivity contribution in [2.24, 2.45) is 17.3 Å². The predicted molar refractivity (Wildman–Crippen MR) is 96.0 cm³/mol. The molecule has 5 aliphatic rings. The molecule has 1 N–H and O–H groups in total. The smallest absolute Gasteiger partial charge is 0.336 e. The average molecular weight is 378 g/mol. The summed E-state index contributed by atoms with van der Waals surface area (Å²) in [6.07, 6.45) is 6.20. The van der Waals surface area contributed by atoms with Gasteiger partial charge in [0.05, 0.1) is 42.7 Å². The third-order valence-electron chi connectivity index (χ3n) is 8.23. The third-order valence-corrected chi connectivity index (χ3v) is 8.23. The highest BCUT2D eigenvalue weighted by Crippen LogP contribution is 2.65. The fourth-order valence-electron chi connectivity index (χ4n) is 6.72. The molecule has 0 aromatic carbocycles. The first-order valence-electron chi connectivity index (χ1n) is 10.3. The molecule has 5 rings (SSSR count). The molecule has 27 heavy (non-hydrogen) atoms. The maximum absolute atomic E-state index is 11.9. The second-order valence-electron chi connectivity index (χ2n) is 9.44. The summed E-state index contributed by atoms with van der Waals surface area (Å²) in [6.45, 7) is 6.83. The molecule has 3 heterocycles. The molecule has 0 amide bonds. The highest BCUT2D eigenvalue weighted by atomic mass is 16.6. The fraction of sp³-hybridized carbons (Fsp3) is 0.857. The van der Waals surface area contributed by atoms with Crippen molar-refractivity contribution in [2.45, 2.75) is 69.4 Å². The lowest BCUT2D eigenvalue weighted by Gasteiger charge is -2.62. The van der Waals surface area contributed by atoms with Crippen LogP contribution in [0.3, 0.4) is 0 Å². The monoisotopic (exact) mass is 378 g/mol. The highest BCUT2D eigenvalue weighted by Gasteiger charge is 2.68. The molecular formula is C21H30O6. The van der Waals surface area contributed by atoms with Crippen molar-refractivity contribution in [3.63, 3.8) is 0 Å². The van der Waals surface area contributed by atoms with E-state index in [1.165, 1.54) is 0 Å². The van der Waals surface area contributed by atoms with Crippen molar-refractivity contribution < 1.29 is 28.8 Å². The van der Waals surface area contributed by atoms with Gasteiger partial charge in [-0.25, -0.2) is 4.79 Å². The lowest BCUT2D eigenvalue weighted by atomic mass is 9.47. The Kier molecular flexibility index (Phi) is 4.04. The molecule has 6 nitrogen and oxygen atoms in total. The van der Waals surface area contributed by atoms with E-state index in [0.29, 0.717) is 30.6 Å². The number of aliphatic hydroxyl groups is 1. The number of rotatable bonds is 2. The Morgan fingerprint density at radius 2 is 2.00 bits per heavy atom. The van der Waals surface area contributed by atoms with Crippen molar-refractivity contribution in [2.75, 3.05) is 26.4 Å². The molecule has 3 aliphatic heterocycles. The zero-order chi connectivity index (χ0) is 18.9. The largest absolute Gasteiger partial charge is 0.459 e. The first-order chi connectivity index (χ1) is 12.9. The SMILES string of the molecule is C[C@@]12CC[C@H]3OCCO[C@@]3(C)[C@H]1CC[C@@]1(CO1)[C@H]2C/C=C1/C(=O)OC[C@H]1O. The van der Waals surface area contributed by atoms with E-state index in [4.69, 9.17) is 18.9 Å². The predicted octanol–water partition coefficient (Wildman–Crippen LogP) is 1.99. The Balaban J connectivity index is 1.46. The summed E-state index contributed by atoms with van der Waals surface area (Å²) < 4.78 is 23.4. The van der Waals surface area contributed by atoms with Crippen LogP contribution >= 0.6 is 0 Å². The van der Waals surface area contributed by atoms with Gasteiger partial charge in [0.25, 0.3) is 0 Å². The molecule has 0 unspecified atom stereocenters. The van der Waals surface area contributed by atoms with Crippen LogP contribution in [-0.2, 0) is 23.7 Å². The average Bonchev–Trinajstić information content (AvgIpc) is 3.34. The van der Waals surface area contributed by atoms with Gasteiger partial charge < -0.3 is 24.1 Å². The summed E-state index contributed by atoms with van der Waals surface area (Å²) in [6, 6.07) is 0. The second-order valence-corrected chi connectivity index (χ2v) is 9.44. The summed E-state index contributed by atoms with van der Waals surface area (Å²) in [4.78, 5) is 11.9. The van der Waals surface area contributed by atoms with Gasteiger partial charge in [0.15, 0.2) is 0 Å². The highest BCUT2D eigenvalue weighted by molar-refractivity contribution is 5.91. The van der Waals surface area contributed by atoms with E-state index in [-0.39, 0.29) is 35.3 Å². The van der Waals surface area contributed by atoms with Crippen LogP contribution in [0.15, 0.2) is 11.6 Å². The van der Waals surface area contributed by atoms with Crippen molar-refractivity contribution in [1.29, 1.82) is 0 Å². The van der Waals surface area contributed by atoms with E-state index in [1.807, 2.05) is 6.08 Å². The number of aliphatic hydroxyl groups excluding tert-OH is 1.